The molecule has 0 aromatic rings. The van der Waals surface area contributed by atoms with E-state index in [1.807, 2.05) is 0 Å². The molecular formula is C19H36. The Kier molecular flexibility index (Phi) is 5.01. The molecule has 19 heavy (non-hydrogen) atoms. The Morgan fingerprint density at radius 1 is 0.737 bits per heavy atom. The van der Waals surface area contributed by atoms with Gasteiger partial charge in [-0.3, -0.25) is 0 Å². The molecule has 0 radical (unpaired) electrons. The zero-order chi connectivity index (χ0) is 14.0. The van der Waals surface area contributed by atoms with Crippen LogP contribution in [0.1, 0.15) is 86.0 Å². The molecule has 0 aromatic carbocycles. The van der Waals surface area contributed by atoms with Crippen molar-refractivity contribution >= 4 is 0 Å². The van der Waals surface area contributed by atoms with Crippen LogP contribution in [0.5, 0.6) is 0 Å². The highest BCUT2D eigenvalue weighted by Gasteiger charge is 2.52. The van der Waals surface area contributed by atoms with Crippen LogP contribution in [-0.2, 0) is 0 Å². The van der Waals surface area contributed by atoms with Gasteiger partial charge in [-0.2, -0.15) is 0 Å². The van der Waals surface area contributed by atoms with E-state index < -0.39 is 0 Å². The van der Waals surface area contributed by atoms with E-state index in [4.69, 9.17) is 0 Å². The van der Waals surface area contributed by atoms with Crippen molar-refractivity contribution in [2.45, 2.75) is 86.0 Å². The summed E-state index contributed by atoms with van der Waals surface area (Å²) in [6.07, 6.45) is 11.8. The van der Waals surface area contributed by atoms with Crippen LogP contribution in [0.25, 0.3) is 0 Å². The molecule has 0 spiro atoms. The minimum absolute atomic E-state index is 0.704. The number of fused-ring (bicyclic) bond motifs is 1. The van der Waals surface area contributed by atoms with E-state index in [0.29, 0.717) is 5.41 Å². The van der Waals surface area contributed by atoms with Gasteiger partial charge in [-0.25, -0.2) is 0 Å². The molecule has 2 aliphatic carbocycles. The zero-order valence-electron chi connectivity index (χ0n) is 14.0. The molecule has 2 saturated carbocycles. The van der Waals surface area contributed by atoms with Crippen LogP contribution in [0.2, 0.25) is 0 Å². The monoisotopic (exact) mass is 264 g/mol. The van der Waals surface area contributed by atoms with Crippen molar-refractivity contribution in [3.8, 4) is 0 Å². The van der Waals surface area contributed by atoms with Gasteiger partial charge in [0.1, 0.15) is 0 Å². The topological polar surface area (TPSA) is 0 Å². The van der Waals surface area contributed by atoms with Crippen molar-refractivity contribution < 1.29 is 0 Å². The fraction of sp³-hybridized carbons (Fsp3) is 1.00. The van der Waals surface area contributed by atoms with Gasteiger partial charge in [-0.1, -0.05) is 66.7 Å². The molecule has 2 rings (SSSR count). The first-order valence-corrected chi connectivity index (χ1v) is 8.92. The molecule has 0 heterocycles. The van der Waals surface area contributed by atoms with E-state index in [0.717, 1.165) is 29.6 Å². The van der Waals surface area contributed by atoms with Crippen LogP contribution in [-0.4, -0.2) is 0 Å². The van der Waals surface area contributed by atoms with Gasteiger partial charge in [0.15, 0.2) is 0 Å². The fourth-order valence-corrected chi connectivity index (χ4v) is 4.87. The van der Waals surface area contributed by atoms with E-state index in [2.05, 4.69) is 34.6 Å². The van der Waals surface area contributed by atoms with Crippen LogP contribution in [0.4, 0.5) is 0 Å². The number of hydrogen-bond donors (Lipinski definition) is 0. The van der Waals surface area contributed by atoms with Crippen LogP contribution in [0.3, 0.4) is 0 Å². The lowest BCUT2D eigenvalue weighted by Crippen LogP contribution is -2.15. The second kappa shape index (κ2) is 6.19. The largest absolute Gasteiger partial charge is 0.0625 e. The lowest BCUT2D eigenvalue weighted by atomic mass is 9.81. The van der Waals surface area contributed by atoms with Gasteiger partial charge in [-0.05, 0) is 54.3 Å². The standard InChI is InChI=1S/C19H36/c1-14-9-7-6-8-10-15(2)16(3)11-17(4)18-13-19(18,5)12-14/h14-18H,6-13H2,1-5H3. The van der Waals surface area contributed by atoms with Crippen molar-refractivity contribution in [2.75, 3.05) is 0 Å². The zero-order valence-corrected chi connectivity index (χ0v) is 14.0. The molecular weight excluding hydrogens is 228 g/mol. The highest BCUT2D eigenvalue weighted by Crippen LogP contribution is 2.61. The molecule has 2 aliphatic rings. The fourth-order valence-electron chi connectivity index (χ4n) is 4.87. The summed E-state index contributed by atoms with van der Waals surface area (Å²) in [5.74, 6) is 4.81. The molecule has 2 fully saturated rings. The van der Waals surface area contributed by atoms with Gasteiger partial charge in [-0.15, -0.1) is 0 Å². The highest BCUT2D eigenvalue weighted by atomic mass is 14.6. The smallest absolute Gasteiger partial charge is 0.0289 e. The molecule has 0 bridgehead atoms. The third kappa shape index (κ3) is 3.99. The van der Waals surface area contributed by atoms with Gasteiger partial charge in [0.05, 0.1) is 0 Å². The Balaban J connectivity index is 1.97. The first kappa shape index (κ1) is 15.4. The maximum atomic E-state index is 2.57. The summed E-state index contributed by atoms with van der Waals surface area (Å²) in [6.45, 7) is 12.6. The molecule has 6 atom stereocenters. The molecule has 0 amide bonds. The van der Waals surface area contributed by atoms with Crippen molar-refractivity contribution in [1.82, 2.24) is 0 Å². The molecule has 0 nitrogen and oxygen atoms in total. The summed E-state index contributed by atoms with van der Waals surface area (Å²) in [6, 6.07) is 0. The quantitative estimate of drug-likeness (QED) is 0.481. The van der Waals surface area contributed by atoms with E-state index in [1.165, 1.54) is 51.4 Å². The second-order valence-electron chi connectivity index (χ2n) is 8.58. The molecule has 0 heteroatoms. The number of rotatable bonds is 0. The van der Waals surface area contributed by atoms with Gasteiger partial charge in [0.2, 0.25) is 0 Å². The van der Waals surface area contributed by atoms with E-state index in [9.17, 15) is 0 Å². The normalized spacial score (nSPS) is 49.4. The molecule has 0 N–H and O–H groups in total. The SMILES string of the molecule is CC1CCCCCC(C)C(C)CC(C)C2CC2(C)C1. The summed E-state index contributed by atoms with van der Waals surface area (Å²) < 4.78 is 0. The minimum Gasteiger partial charge on any atom is -0.0625 e. The van der Waals surface area contributed by atoms with E-state index in [1.54, 1.807) is 0 Å². The Hall–Kier alpha value is 0. The highest BCUT2D eigenvalue weighted by molar-refractivity contribution is 5.01. The van der Waals surface area contributed by atoms with Crippen LogP contribution in [0, 0.1) is 35.0 Å². The third-order valence-corrected chi connectivity index (χ3v) is 6.49. The average molecular weight is 264 g/mol. The number of hydrogen-bond acceptors (Lipinski definition) is 0. The van der Waals surface area contributed by atoms with E-state index >= 15 is 0 Å². The van der Waals surface area contributed by atoms with Gasteiger partial charge >= 0.3 is 0 Å². The Morgan fingerprint density at radius 2 is 1.42 bits per heavy atom. The predicted octanol–water partition coefficient (Wildman–Crippen LogP) is 6.30. The molecule has 0 saturated heterocycles. The Morgan fingerprint density at radius 3 is 2.16 bits per heavy atom. The van der Waals surface area contributed by atoms with Gasteiger partial charge in [0, 0.05) is 0 Å². The molecule has 0 aromatic heterocycles. The lowest BCUT2D eigenvalue weighted by Gasteiger charge is -2.25. The third-order valence-electron chi connectivity index (χ3n) is 6.49. The predicted molar refractivity (Wildman–Crippen MR) is 85.2 cm³/mol. The van der Waals surface area contributed by atoms with Crippen molar-refractivity contribution in [1.29, 1.82) is 0 Å². The summed E-state index contributed by atoms with van der Waals surface area (Å²) in [4.78, 5) is 0. The first-order chi connectivity index (χ1) is 8.92. The van der Waals surface area contributed by atoms with Crippen LogP contribution >= 0.6 is 0 Å². The van der Waals surface area contributed by atoms with Gasteiger partial charge in [0.25, 0.3) is 0 Å². The lowest BCUT2D eigenvalue weighted by molar-refractivity contribution is 0.255. The van der Waals surface area contributed by atoms with Crippen LogP contribution < -0.4 is 0 Å². The van der Waals surface area contributed by atoms with Gasteiger partial charge < -0.3 is 0 Å². The second-order valence-corrected chi connectivity index (χ2v) is 8.58. The van der Waals surface area contributed by atoms with Crippen molar-refractivity contribution in [3.63, 3.8) is 0 Å². The molecule has 6 unspecified atom stereocenters. The van der Waals surface area contributed by atoms with Crippen molar-refractivity contribution in [2.24, 2.45) is 35.0 Å². The molecule has 112 valence electrons. The maximum absolute atomic E-state index is 2.57. The Labute approximate surface area is 121 Å². The summed E-state index contributed by atoms with van der Waals surface area (Å²) in [7, 11) is 0. The minimum atomic E-state index is 0.704. The maximum Gasteiger partial charge on any atom is -0.0289 e. The van der Waals surface area contributed by atoms with Crippen LogP contribution in [0.15, 0.2) is 0 Å². The first-order valence-electron chi connectivity index (χ1n) is 8.92. The molecule has 0 aliphatic heterocycles. The summed E-state index contributed by atoms with van der Waals surface area (Å²) in [5, 5.41) is 0. The Bertz CT molecular complexity index is 282. The van der Waals surface area contributed by atoms with E-state index in [-0.39, 0.29) is 0 Å². The van der Waals surface area contributed by atoms with Crippen molar-refractivity contribution in [3.05, 3.63) is 0 Å². The average Bonchev–Trinajstić information content (AvgIpc) is 2.99. The summed E-state index contributed by atoms with van der Waals surface area (Å²) in [5.41, 5.74) is 0.704. The summed E-state index contributed by atoms with van der Waals surface area (Å²) >= 11 is 0.